The molecular weight excluding hydrogens is 273 g/mol. The molecule has 1 aliphatic rings. The molecule has 4 nitrogen and oxygen atoms in total. The lowest BCUT2D eigenvalue weighted by Crippen LogP contribution is -2.55. The number of nitrogens with one attached hydrogen (secondary N) is 1. The van der Waals surface area contributed by atoms with E-state index in [9.17, 15) is 23.1 Å². The third-order valence-corrected chi connectivity index (χ3v) is 3.71. The molecule has 0 unspecified atom stereocenters. The summed E-state index contributed by atoms with van der Waals surface area (Å²) < 4.78 is 37.8. The maximum absolute atomic E-state index is 12.6. The molecule has 2 N–H and O–H groups in total. The number of unbranched alkanes of at least 4 members (excludes halogenated alkanes) is 3. The first-order valence-electron chi connectivity index (χ1n) is 7.12. The van der Waals surface area contributed by atoms with E-state index in [0.29, 0.717) is 6.54 Å². The SMILES string of the molecule is CCCCCCNC(=O)N1CCC(O)(C(F)(F)F)CC1. The molecule has 0 aliphatic carbocycles. The Morgan fingerprint density at radius 1 is 1.25 bits per heavy atom. The fraction of sp³-hybridized carbons (Fsp3) is 0.923. The minimum atomic E-state index is -4.63. The van der Waals surface area contributed by atoms with Crippen LogP contribution in [-0.4, -0.2) is 47.4 Å². The van der Waals surface area contributed by atoms with Crippen LogP contribution < -0.4 is 5.32 Å². The van der Waals surface area contributed by atoms with E-state index in [1.807, 2.05) is 0 Å². The molecule has 20 heavy (non-hydrogen) atoms. The minimum absolute atomic E-state index is 0.0726. The molecular formula is C13H23F3N2O2. The van der Waals surface area contributed by atoms with Gasteiger partial charge in [-0.15, -0.1) is 0 Å². The first-order chi connectivity index (χ1) is 9.30. The van der Waals surface area contributed by atoms with Crippen LogP contribution in [0.3, 0.4) is 0 Å². The van der Waals surface area contributed by atoms with Gasteiger partial charge >= 0.3 is 12.2 Å². The van der Waals surface area contributed by atoms with Gasteiger partial charge in [0.2, 0.25) is 0 Å². The molecule has 1 aliphatic heterocycles. The highest BCUT2D eigenvalue weighted by Gasteiger charge is 2.54. The Bertz CT molecular complexity index is 313. The van der Waals surface area contributed by atoms with Crippen molar-refractivity contribution in [3.05, 3.63) is 0 Å². The number of urea groups is 1. The van der Waals surface area contributed by atoms with Gasteiger partial charge in [-0.1, -0.05) is 26.2 Å². The molecule has 0 bridgehead atoms. The van der Waals surface area contributed by atoms with Gasteiger partial charge in [0.25, 0.3) is 0 Å². The number of aliphatic hydroxyl groups is 1. The van der Waals surface area contributed by atoms with Gasteiger partial charge in [0.05, 0.1) is 0 Å². The van der Waals surface area contributed by atoms with Crippen molar-refractivity contribution in [1.82, 2.24) is 10.2 Å². The zero-order chi connectivity index (χ0) is 15.2. The summed E-state index contributed by atoms with van der Waals surface area (Å²) in [5.74, 6) is 0. The van der Waals surface area contributed by atoms with Crippen molar-refractivity contribution in [3.8, 4) is 0 Å². The highest BCUT2D eigenvalue weighted by molar-refractivity contribution is 5.74. The Morgan fingerprint density at radius 2 is 1.85 bits per heavy atom. The van der Waals surface area contributed by atoms with E-state index in [1.165, 1.54) is 4.90 Å². The van der Waals surface area contributed by atoms with Crippen molar-refractivity contribution in [2.75, 3.05) is 19.6 Å². The van der Waals surface area contributed by atoms with E-state index in [1.54, 1.807) is 0 Å². The van der Waals surface area contributed by atoms with Crippen molar-refractivity contribution in [1.29, 1.82) is 0 Å². The summed E-state index contributed by atoms with van der Waals surface area (Å²) >= 11 is 0. The molecule has 2 amide bonds. The maximum atomic E-state index is 12.6. The van der Waals surface area contributed by atoms with Crippen LogP contribution in [0.5, 0.6) is 0 Å². The number of carbonyl (C=O) groups is 1. The van der Waals surface area contributed by atoms with Gasteiger partial charge in [-0.2, -0.15) is 13.2 Å². The molecule has 0 aromatic carbocycles. The van der Waals surface area contributed by atoms with Crippen LogP contribution in [0.1, 0.15) is 45.4 Å². The van der Waals surface area contributed by atoms with E-state index in [2.05, 4.69) is 12.2 Å². The van der Waals surface area contributed by atoms with Crippen molar-refractivity contribution in [2.24, 2.45) is 0 Å². The van der Waals surface area contributed by atoms with E-state index >= 15 is 0 Å². The van der Waals surface area contributed by atoms with E-state index < -0.39 is 24.6 Å². The Balaban J connectivity index is 2.29. The van der Waals surface area contributed by atoms with Crippen molar-refractivity contribution < 1.29 is 23.1 Å². The number of nitrogens with zero attached hydrogens (tertiary/aromatic N) is 1. The summed E-state index contributed by atoms with van der Waals surface area (Å²) in [4.78, 5) is 13.1. The van der Waals surface area contributed by atoms with Crippen LogP contribution >= 0.6 is 0 Å². The third kappa shape index (κ3) is 4.54. The number of amides is 2. The molecule has 1 rings (SSSR count). The first-order valence-corrected chi connectivity index (χ1v) is 7.12. The number of hydrogen-bond acceptors (Lipinski definition) is 2. The monoisotopic (exact) mass is 296 g/mol. The molecule has 0 atom stereocenters. The van der Waals surface area contributed by atoms with Crippen molar-refractivity contribution >= 4 is 6.03 Å². The van der Waals surface area contributed by atoms with Crippen LogP contribution in [0.15, 0.2) is 0 Å². The Kier molecular flexibility index (Phi) is 6.10. The van der Waals surface area contributed by atoms with E-state index in [4.69, 9.17) is 0 Å². The Morgan fingerprint density at radius 3 is 2.35 bits per heavy atom. The first kappa shape index (κ1) is 17.1. The number of hydrogen-bond donors (Lipinski definition) is 2. The molecule has 118 valence electrons. The van der Waals surface area contributed by atoms with Gasteiger partial charge in [-0.3, -0.25) is 0 Å². The lowest BCUT2D eigenvalue weighted by Gasteiger charge is -2.39. The molecule has 1 fully saturated rings. The second-order valence-corrected chi connectivity index (χ2v) is 5.31. The van der Waals surface area contributed by atoms with Crippen LogP contribution in [-0.2, 0) is 0 Å². The quantitative estimate of drug-likeness (QED) is 0.766. The summed E-state index contributed by atoms with van der Waals surface area (Å²) in [6.45, 7) is 2.49. The number of likely N-dealkylation sites (tertiary alicyclic amines) is 1. The van der Waals surface area contributed by atoms with Crippen LogP contribution in [0, 0.1) is 0 Å². The van der Waals surface area contributed by atoms with E-state index in [0.717, 1.165) is 25.7 Å². The van der Waals surface area contributed by atoms with Crippen LogP contribution in [0.2, 0.25) is 0 Å². The molecule has 0 aromatic heterocycles. The van der Waals surface area contributed by atoms with Gasteiger partial charge < -0.3 is 15.3 Å². The molecule has 1 saturated heterocycles. The Hall–Kier alpha value is -0.980. The number of rotatable bonds is 5. The Labute approximate surface area is 117 Å². The topological polar surface area (TPSA) is 52.6 Å². The average Bonchev–Trinajstić information content (AvgIpc) is 2.38. The van der Waals surface area contributed by atoms with Crippen molar-refractivity contribution in [2.45, 2.75) is 57.2 Å². The molecule has 0 radical (unpaired) electrons. The van der Waals surface area contributed by atoms with Crippen LogP contribution in [0.25, 0.3) is 0 Å². The summed E-state index contributed by atoms with van der Waals surface area (Å²) in [6, 6.07) is -0.342. The van der Waals surface area contributed by atoms with E-state index in [-0.39, 0.29) is 19.1 Å². The predicted octanol–water partition coefficient (Wildman–Crippen LogP) is 2.67. The summed E-state index contributed by atoms with van der Waals surface area (Å²) in [5, 5.41) is 12.2. The molecule has 0 saturated carbocycles. The van der Waals surface area contributed by atoms with Crippen LogP contribution in [0.4, 0.5) is 18.0 Å². The normalized spacial score (nSPS) is 18.9. The van der Waals surface area contributed by atoms with Gasteiger partial charge in [0, 0.05) is 32.5 Å². The standard InChI is InChI=1S/C13H23F3N2O2/c1-2-3-4-5-8-17-11(19)18-9-6-12(20,7-10-18)13(14,15)16/h20H,2-10H2,1H3,(H,17,19). The maximum Gasteiger partial charge on any atom is 0.417 e. The van der Waals surface area contributed by atoms with Crippen molar-refractivity contribution in [3.63, 3.8) is 0 Å². The summed E-state index contributed by atoms with van der Waals surface area (Å²) in [7, 11) is 0. The van der Waals surface area contributed by atoms with Gasteiger partial charge in [0.1, 0.15) is 0 Å². The second-order valence-electron chi connectivity index (χ2n) is 5.31. The lowest BCUT2D eigenvalue weighted by atomic mass is 9.91. The molecule has 0 aromatic rings. The number of carbonyl (C=O) groups excluding carboxylic acids is 1. The number of alkyl halides is 3. The van der Waals surface area contributed by atoms with Gasteiger partial charge in [-0.25, -0.2) is 4.79 Å². The zero-order valence-corrected chi connectivity index (χ0v) is 11.8. The summed E-state index contributed by atoms with van der Waals surface area (Å²) in [6.07, 6.45) is -1.42. The zero-order valence-electron chi connectivity index (χ0n) is 11.8. The molecule has 7 heteroatoms. The highest BCUT2D eigenvalue weighted by Crippen LogP contribution is 2.38. The third-order valence-electron chi connectivity index (χ3n) is 3.71. The number of piperidine rings is 1. The molecule has 1 heterocycles. The predicted molar refractivity (Wildman–Crippen MR) is 69.4 cm³/mol. The highest BCUT2D eigenvalue weighted by atomic mass is 19.4. The fourth-order valence-corrected chi connectivity index (χ4v) is 2.22. The lowest BCUT2D eigenvalue weighted by molar-refractivity contribution is -0.271. The minimum Gasteiger partial charge on any atom is -0.380 e. The average molecular weight is 296 g/mol. The summed E-state index contributed by atoms with van der Waals surface area (Å²) in [5.41, 5.74) is -2.65. The van der Waals surface area contributed by atoms with Gasteiger partial charge in [-0.05, 0) is 6.42 Å². The van der Waals surface area contributed by atoms with Gasteiger partial charge in [0.15, 0.2) is 5.60 Å². The second kappa shape index (κ2) is 7.15. The largest absolute Gasteiger partial charge is 0.417 e. The fourth-order valence-electron chi connectivity index (χ4n) is 2.22. The number of halogens is 3. The molecule has 0 spiro atoms. The smallest absolute Gasteiger partial charge is 0.380 e.